The molecule has 1 amide bonds. The van der Waals surface area contributed by atoms with Gasteiger partial charge in [0.1, 0.15) is 0 Å². The first-order chi connectivity index (χ1) is 12.7. The summed E-state index contributed by atoms with van der Waals surface area (Å²) in [5, 5.41) is 3.12. The maximum Gasteiger partial charge on any atom is 0.260 e. The normalized spacial score (nSPS) is 16.4. The van der Waals surface area contributed by atoms with Crippen LogP contribution in [0.25, 0.3) is 0 Å². The van der Waals surface area contributed by atoms with Crippen molar-refractivity contribution in [1.29, 1.82) is 0 Å². The molecule has 1 aliphatic carbocycles. The van der Waals surface area contributed by atoms with Crippen LogP contribution >= 0.6 is 0 Å². The van der Waals surface area contributed by atoms with Crippen LogP contribution in [0.1, 0.15) is 47.2 Å². The summed E-state index contributed by atoms with van der Waals surface area (Å²) < 4.78 is 25.3. The van der Waals surface area contributed by atoms with E-state index >= 15 is 0 Å². The van der Waals surface area contributed by atoms with E-state index in [1.165, 1.54) is 32.4 Å². The molecule has 0 saturated heterocycles. The fourth-order valence-electron chi connectivity index (χ4n) is 3.55. The average molecular weight is 388 g/mol. The Morgan fingerprint density at radius 3 is 2.41 bits per heavy atom. The number of pyridine rings is 1. The lowest BCUT2D eigenvalue weighted by Gasteiger charge is -2.31. The van der Waals surface area contributed by atoms with E-state index in [0.717, 1.165) is 41.1 Å². The Balaban J connectivity index is 1.85. The molecule has 6 nitrogen and oxygen atoms in total. The predicted octanol–water partition coefficient (Wildman–Crippen LogP) is 2.84. The molecule has 0 atom stereocenters. The number of hydrogen-bond donors (Lipinski definition) is 1. The number of amides is 1. The van der Waals surface area contributed by atoms with Gasteiger partial charge in [-0.25, -0.2) is 17.7 Å². The fourth-order valence-corrected chi connectivity index (χ4v) is 4.35. The van der Waals surface area contributed by atoms with Crippen molar-refractivity contribution in [3.8, 4) is 0 Å². The summed E-state index contributed by atoms with van der Waals surface area (Å²) in [6, 6.07) is 11.1. The molecule has 1 heterocycles. The van der Waals surface area contributed by atoms with E-state index in [0.29, 0.717) is 5.56 Å². The molecule has 0 aliphatic heterocycles. The van der Waals surface area contributed by atoms with E-state index in [4.69, 9.17) is 0 Å². The average Bonchev–Trinajstić information content (AvgIpc) is 3.11. The van der Waals surface area contributed by atoms with E-state index in [1.807, 2.05) is 19.1 Å². The third-order valence-electron chi connectivity index (χ3n) is 5.12. The van der Waals surface area contributed by atoms with Crippen molar-refractivity contribution >= 4 is 15.9 Å². The molecule has 0 unspecified atom stereocenters. The number of carbonyl (C=O) groups is 1. The van der Waals surface area contributed by atoms with Crippen LogP contribution in [0.4, 0.5) is 0 Å². The minimum Gasteiger partial charge on any atom is -0.342 e. The maximum absolute atomic E-state index is 12.8. The van der Waals surface area contributed by atoms with Gasteiger partial charge >= 0.3 is 0 Å². The maximum atomic E-state index is 12.8. The van der Waals surface area contributed by atoms with Gasteiger partial charge < -0.3 is 5.32 Å². The van der Waals surface area contributed by atoms with Gasteiger partial charge in [-0.05, 0) is 37.5 Å². The summed E-state index contributed by atoms with van der Waals surface area (Å²) in [7, 11) is -0.716. The molecule has 1 aromatic carbocycles. The fraction of sp³-hybridized carbons (Fsp3) is 0.400. The lowest BCUT2D eigenvalue weighted by atomic mass is 9.87. The van der Waals surface area contributed by atoms with E-state index in [9.17, 15) is 13.2 Å². The highest BCUT2D eigenvalue weighted by Crippen LogP contribution is 2.39. The Morgan fingerprint density at radius 1 is 1.15 bits per heavy atom. The standard InChI is InChI=1S/C20H25N3O3S/c1-15-7-6-8-17(13-15)20(11-4-5-12-20)22-19(24)16-9-10-18(21-14-16)27(25,26)23(2)3/h6-10,13-14H,4-5,11-12H2,1-3H3,(H,22,24). The van der Waals surface area contributed by atoms with E-state index in [-0.39, 0.29) is 16.5 Å². The molecule has 0 spiro atoms. The van der Waals surface area contributed by atoms with Gasteiger partial charge in [0.05, 0.1) is 11.1 Å². The van der Waals surface area contributed by atoms with Crippen LogP contribution in [-0.4, -0.2) is 37.7 Å². The number of hydrogen-bond acceptors (Lipinski definition) is 4. The molecular weight excluding hydrogens is 362 g/mol. The first-order valence-electron chi connectivity index (χ1n) is 9.03. The molecule has 27 heavy (non-hydrogen) atoms. The lowest BCUT2D eigenvalue weighted by Crippen LogP contribution is -2.43. The number of carbonyl (C=O) groups excluding carboxylic acids is 1. The number of sulfonamides is 1. The van der Waals surface area contributed by atoms with Crippen LogP contribution in [-0.2, 0) is 15.6 Å². The monoisotopic (exact) mass is 387 g/mol. The predicted molar refractivity (Wildman–Crippen MR) is 104 cm³/mol. The van der Waals surface area contributed by atoms with Gasteiger partial charge in [0.25, 0.3) is 15.9 Å². The van der Waals surface area contributed by atoms with Crippen LogP contribution in [0, 0.1) is 6.92 Å². The first-order valence-corrected chi connectivity index (χ1v) is 10.5. The summed E-state index contributed by atoms with van der Waals surface area (Å²) in [4.78, 5) is 16.8. The largest absolute Gasteiger partial charge is 0.342 e. The van der Waals surface area contributed by atoms with Gasteiger partial charge in [-0.1, -0.05) is 42.7 Å². The van der Waals surface area contributed by atoms with Crippen molar-refractivity contribution in [2.24, 2.45) is 0 Å². The Morgan fingerprint density at radius 2 is 1.85 bits per heavy atom. The minimum atomic E-state index is -3.61. The third-order valence-corrected chi connectivity index (χ3v) is 6.86. The Kier molecular flexibility index (Phi) is 5.35. The molecule has 0 bridgehead atoms. The van der Waals surface area contributed by atoms with Crippen LogP contribution < -0.4 is 5.32 Å². The molecule has 144 valence electrons. The molecule has 1 aliphatic rings. The molecule has 0 radical (unpaired) electrons. The number of aromatic nitrogens is 1. The van der Waals surface area contributed by atoms with Crippen molar-refractivity contribution < 1.29 is 13.2 Å². The van der Waals surface area contributed by atoms with Crippen molar-refractivity contribution in [3.05, 3.63) is 59.3 Å². The Labute approximate surface area is 160 Å². The summed E-state index contributed by atoms with van der Waals surface area (Å²) in [5.41, 5.74) is 2.25. The molecule has 1 aromatic heterocycles. The number of benzene rings is 1. The van der Waals surface area contributed by atoms with Gasteiger partial charge in [0, 0.05) is 20.3 Å². The smallest absolute Gasteiger partial charge is 0.260 e. The number of aryl methyl sites for hydroxylation is 1. The van der Waals surface area contributed by atoms with Crippen molar-refractivity contribution in [2.75, 3.05) is 14.1 Å². The highest BCUT2D eigenvalue weighted by Gasteiger charge is 2.37. The Bertz CT molecular complexity index is 931. The van der Waals surface area contributed by atoms with Crippen LogP contribution in [0.3, 0.4) is 0 Å². The number of nitrogens with one attached hydrogen (secondary N) is 1. The summed E-state index contributed by atoms with van der Waals surface area (Å²) in [5.74, 6) is -0.236. The summed E-state index contributed by atoms with van der Waals surface area (Å²) in [6.07, 6.45) is 5.23. The summed E-state index contributed by atoms with van der Waals surface area (Å²) >= 11 is 0. The van der Waals surface area contributed by atoms with Crippen LogP contribution in [0.15, 0.2) is 47.6 Å². The second-order valence-corrected chi connectivity index (χ2v) is 9.38. The first kappa shape index (κ1) is 19.5. The SMILES string of the molecule is Cc1cccc(C2(NC(=O)c3ccc(S(=O)(=O)N(C)C)nc3)CCCC2)c1. The number of nitrogens with zero attached hydrogens (tertiary/aromatic N) is 2. The Hall–Kier alpha value is -2.25. The number of rotatable bonds is 5. The lowest BCUT2D eigenvalue weighted by molar-refractivity contribution is 0.0897. The van der Waals surface area contributed by atoms with E-state index in [2.05, 4.69) is 22.4 Å². The highest BCUT2D eigenvalue weighted by molar-refractivity contribution is 7.89. The molecule has 1 N–H and O–H groups in total. The van der Waals surface area contributed by atoms with Crippen molar-refractivity contribution in [3.63, 3.8) is 0 Å². The van der Waals surface area contributed by atoms with E-state index < -0.39 is 10.0 Å². The third kappa shape index (κ3) is 3.89. The molecule has 2 aromatic rings. The second kappa shape index (κ2) is 7.40. The van der Waals surface area contributed by atoms with Crippen molar-refractivity contribution in [2.45, 2.75) is 43.2 Å². The molecular formula is C20H25N3O3S. The minimum absolute atomic E-state index is 0.0710. The van der Waals surface area contributed by atoms with Gasteiger partial charge in [0.2, 0.25) is 0 Å². The van der Waals surface area contributed by atoms with Crippen molar-refractivity contribution in [1.82, 2.24) is 14.6 Å². The molecule has 7 heteroatoms. The van der Waals surface area contributed by atoms with Crippen LogP contribution in [0.5, 0.6) is 0 Å². The van der Waals surface area contributed by atoms with Gasteiger partial charge in [-0.15, -0.1) is 0 Å². The molecule has 1 fully saturated rings. The molecule has 1 saturated carbocycles. The summed E-state index contributed by atoms with van der Waals surface area (Å²) in [6.45, 7) is 2.04. The zero-order valence-electron chi connectivity index (χ0n) is 15.9. The quantitative estimate of drug-likeness (QED) is 0.856. The van der Waals surface area contributed by atoms with E-state index in [1.54, 1.807) is 0 Å². The molecule has 3 rings (SSSR count). The van der Waals surface area contributed by atoms with Crippen LogP contribution in [0.2, 0.25) is 0 Å². The topological polar surface area (TPSA) is 79.4 Å². The highest BCUT2D eigenvalue weighted by atomic mass is 32.2. The van der Waals surface area contributed by atoms with Gasteiger partial charge in [-0.2, -0.15) is 0 Å². The zero-order chi connectivity index (χ0) is 19.7. The zero-order valence-corrected chi connectivity index (χ0v) is 16.7. The van der Waals surface area contributed by atoms with Gasteiger partial charge in [-0.3, -0.25) is 4.79 Å². The second-order valence-electron chi connectivity index (χ2n) is 7.29. The van der Waals surface area contributed by atoms with Gasteiger partial charge in [0.15, 0.2) is 5.03 Å².